The molecule has 1 aliphatic rings. The molecule has 0 aromatic carbocycles. The topological polar surface area (TPSA) is 97.1 Å². The lowest BCUT2D eigenvalue weighted by Gasteiger charge is -2.22. The number of amides is 2. The molecule has 24 heavy (non-hydrogen) atoms. The van der Waals surface area contributed by atoms with Gasteiger partial charge in [-0.15, -0.1) is 24.8 Å². The van der Waals surface area contributed by atoms with Crippen molar-refractivity contribution in [1.29, 1.82) is 0 Å². The molecule has 1 aliphatic carbocycles. The van der Waals surface area contributed by atoms with Crippen LogP contribution < -0.4 is 16.4 Å². The van der Waals surface area contributed by atoms with Gasteiger partial charge < -0.3 is 16.4 Å². The predicted octanol–water partition coefficient (Wildman–Crippen LogP) is 1.53. The number of hydrogen-bond donors (Lipinski definition) is 3. The van der Waals surface area contributed by atoms with Crippen LogP contribution in [0.15, 0.2) is 24.4 Å². The second kappa shape index (κ2) is 10.5. The lowest BCUT2D eigenvalue weighted by atomic mass is 10.0. The van der Waals surface area contributed by atoms with Gasteiger partial charge in [-0.25, -0.2) is 0 Å². The van der Waals surface area contributed by atoms with Crippen molar-refractivity contribution in [1.82, 2.24) is 15.6 Å². The van der Waals surface area contributed by atoms with Crippen LogP contribution in [0.5, 0.6) is 0 Å². The van der Waals surface area contributed by atoms with E-state index in [2.05, 4.69) is 15.6 Å². The number of rotatable bonds is 7. The summed E-state index contributed by atoms with van der Waals surface area (Å²) >= 11 is 0. The SMILES string of the molecule is CC(C)C(NC(=O)c1ccccn1)C(=O)NCC(N)C1CC1.Cl.Cl. The maximum atomic E-state index is 12.3. The quantitative estimate of drug-likeness (QED) is 0.671. The van der Waals surface area contributed by atoms with Gasteiger partial charge in [0.2, 0.25) is 5.91 Å². The summed E-state index contributed by atoms with van der Waals surface area (Å²) in [6.07, 6.45) is 3.83. The fraction of sp³-hybridized carbons (Fsp3) is 0.562. The molecule has 2 amide bonds. The van der Waals surface area contributed by atoms with Gasteiger partial charge in [0, 0.05) is 18.8 Å². The highest BCUT2D eigenvalue weighted by Crippen LogP contribution is 2.31. The van der Waals surface area contributed by atoms with Crippen LogP contribution in [0.1, 0.15) is 37.2 Å². The van der Waals surface area contributed by atoms with E-state index in [4.69, 9.17) is 5.73 Å². The lowest BCUT2D eigenvalue weighted by molar-refractivity contribution is -0.124. The zero-order valence-corrected chi connectivity index (χ0v) is 15.5. The number of carbonyl (C=O) groups excluding carboxylic acids is 2. The lowest BCUT2D eigenvalue weighted by Crippen LogP contribution is -2.52. The fourth-order valence-electron chi connectivity index (χ4n) is 2.27. The minimum atomic E-state index is -0.596. The molecule has 2 rings (SSSR count). The predicted molar refractivity (Wildman–Crippen MR) is 98.5 cm³/mol. The Labute approximate surface area is 155 Å². The fourth-order valence-corrected chi connectivity index (χ4v) is 2.27. The van der Waals surface area contributed by atoms with Gasteiger partial charge in [-0.1, -0.05) is 19.9 Å². The number of hydrogen-bond acceptors (Lipinski definition) is 4. The van der Waals surface area contributed by atoms with Crippen LogP contribution >= 0.6 is 24.8 Å². The highest BCUT2D eigenvalue weighted by molar-refractivity contribution is 5.96. The maximum absolute atomic E-state index is 12.3. The van der Waals surface area contributed by atoms with Gasteiger partial charge in [0.05, 0.1) is 0 Å². The van der Waals surface area contributed by atoms with E-state index < -0.39 is 6.04 Å². The van der Waals surface area contributed by atoms with E-state index in [0.717, 1.165) is 12.8 Å². The second-order valence-electron chi connectivity index (χ2n) is 6.16. The Bertz CT molecular complexity index is 524. The normalized spacial score (nSPS) is 15.5. The van der Waals surface area contributed by atoms with E-state index in [0.29, 0.717) is 18.2 Å². The van der Waals surface area contributed by atoms with Crippen molar-refractivity contribution in [2.75, 3.05) is 6.54 Å². The number of nitrogens with zero attached hydrogens (tertiary/aromatic N) is 1. The number of halogens is 2. The monoisotopic (exact) mass is 376 g/mol. The molecule has 0 bridgehead atoms. The zero-order valence-electron chi connectivity index (χ0n) is 13.9. The molecule has 1 aromatic heterocycles. The van der Waals surface area contributed by atoms with Gasteiger partial charge in [0.1, 0.15) is 11.7 Å². The summed E-state index contributed by atoms with van der Waals surface area (Å²) in [7, 11) is 0. The van der Waals surface area contributed by atoms with Gasteiger partial charge >= 0.3 is 0 Å². The van der Waals surface area contributed by atoms with Crippen LogP contribution in [-0.2, 0) is 4.79 Å². The Balaban J connectivity index is 0.00000264. The van der Waals surface area contributed by atoms with Crippen LogP contribution in [0, 0.1) is 11.8 Å². The van der Waals surface area contributed by atoms with Crippen molar-refractivity contribution in [3.8, 4) is 0 Å². The number of carbonyl (C=O) groups is 2. The number of nitrogens with one attached hydrogen (secondary N) is 2. The third-order valence-electron chi connectivity index (χ3n) is 3.87. The molecule has 1 fully saturated rings. The van der Waals surface area contributed by atoms with E-state index >= 15 is 0 Å². The maximum Gasteiger partial charge on any atom is 0.270 e. The Morgan fingerprint density at radius 3 is 2.46 bits per heavy atom. The first-order chi connectivity index (χ1) is 10.5. The third kappa shape index (κ3) is 6.63. The van der Waals surface area contributed by atoms with Crippen molar-refractivity contribution in [2.24, 2.45) is 17.6 Å². The summed E-state index contributed by atoms with van der Waals surface area (Å²) in [6, 6.07) is 4.50. The van der Waals surface area contributed by atoms with E-state index in [-0.39, 0.29) is 48.6 Å². The van der Waals surface area contributed by atoms with Gasteiger partial charge in [-0.2, -0.15) is 0 Å². The Hall–Kier alpha value is -1.37. The summed E-state index contributed by atoms with van der Waals surface area (Å²) in [6.45, 7) is 4.24. The summed E-state index contributed by atoms with van der Waals surface area (Å²) in [5.74, 6) is -0.0398. The van der Waals surface area contributed by atoms with Gasteiger partial charge in [0.15, 0.2) is 0 Å². The van der Waals surface area contributed by atoms with Crippen LogP contribution in [0.4, 0.5) is 0 Å². The first-order valence-electron chi connectivity index (χ1n) is 7.74. The van der Waals surface area contributed by atoms with E-state index in [1.54, 1.807) is 24.4 Å². The largest absolute Gasteiger partial charge is 0.353 e. The molecule has 0 spiro atoms. The van der Waals surface area contributed by atoms with Crippen molar-refractivity contribution in [2.45, 2.75) is 38.8 Å². The first kappa shape index (κ1) is 22.6. The van der Waals surface area contributed by atoms with Crippen LogP contribution in [0.2, 0.25) is 0 Å². The number of nitrogens with two attached hydrogens (primary N) is 1. The van der Waals surface area contributed by atoms with Crippen LogP contribution in [0.3, 0.4) is 0 Å². The van der Waals surface area contributed by atoms with E-state index in [9.17, 15) is 9.59 Å². The molecule has 0 radical (unpaired) electrons. The zero-order chi connectivity index (χ0) is 16.1. The van der Waals surface area contributed by atoms with Crippen molar-refractivity contribution >= 4 is 36.6 Å². The summed E-state index contributed by atoms with van der Waals surface area (Å²) in [5.41, 5.74) is 6.29. The number of pyridine rings is 1. The third-order valence-corrected chi connectivity index (χ3v) is 3.87. The minimum absolute atomic E-state index is 0. The molecule has 0 saturated heterocycles. The highest BCUT2D eigenvalue weighted by atomic mass is 35.5. The molecular formula is C16H26Cl2N4O2. The van der Waals surface area contributed by atoms with Gasteiger partial charge in [-0.05, 0) is 36.8 Å². The van der Waals surface area contributed by atoms with Crippen molar-refractivity contribution in [3.05, 3.63) is 30.1 Å². The summed E-state index contributed by atoms with van der Waals surface area (Å²) < 4.78 is 0. The van der Waals surface area contributed by atoms with Gasteiger partial charge in [-0.3, -0.25) is 14.6 Å². The van der Waals surface area contributed by atoms with Gasteiger partial charge in [0.25, 0.3) is 5.91 Å². The van der Waals surface area contributed by atoms with Crippen LogP contribution in [-0.4, -0.2) is 35.4 Å². The molecule has 0 aliphatic heterocycles. The molecule has 8 heteroatoms. The van der Waals surface area contributed by atoms with E-state index in [1.165, 1.54) is 0 Å². The molecule has 2 atom stereocenters. The second-order valence-corrected chi connectivity index (χ2v) is 6.16. The minimum Gasteiger partial charge on any atom is -0.353 e. The smallest absolute Gasteiger partial charge is 0.270 e. The molecule has 2 unspecified atom stereocenters. The molecule has 1 aromatic rings. The Kier molecular flexibility index (Phi) is 9.89. The molecule has 4 N–H and O–H groups in total. The molecular weight excluding hydrogens is 351 g/mol. The standard InChI is InChI=1S/C16H24N4O2.2ClH/c1-10(2)14(16(22)19-9-12(17)11-6-7-11)20-15(21)13-5-3-4-8-18-13;;/h3-5,8,10-12,14H,6-7,9,17H2,1-2H3,(H,19,22)(H,20,21);2*1H. The summed E-state index contributed by atoms with van der Waals surface area (Å²) in [5, 5.41) is 5.59. The number of aromatic nitrogens is 1. The van der Waals surface area contributed by atoms with E-state index in [1.807, 2.05) is 13.8 Å². The first-order valence-corrected chi connectivity index (χ1v) is 7.74. The average Bonchev–Trinajstić information content (AvgIpc) is 3.35. The van der Waals surface area contributed by atoms with Crippen molar-refractivity contribution in [3.63, 3.8) is 0 Å². The average molecular weight is 377 g/mol. The molecule has 6 nitrogen and oxygen atoms in total. The highest BCUT2D eigenvalue weighted by Gasteiger charge is 2.30. The molecule has 1 heterocycles. The molecule has 1 saturated carbocycles. The van der Waals surface area contributed by atoms with Crippen molar-refractivity contribution < 1.29 is 9.59 Å². The Morgan fingerprint density at radius 1 is 1.29 bits per heavy atom. The Morgan fingerprint density at radius 2 is 1.96 bits per heavy atom. The summed E-state index contributed by atoms with van der Waals surface area (Å²) in [4.78, 5) is 28.4. The molecule has 136 valence electrons. The van der Waals surface area contributed by atoms with Crippen LogP contribution in [0.25, 0.3) is 0 Å².